The summed E-state index contributed by atoms with van der Waals surface area (Å²) in [5.74, 6) is 0.750. The van der Waals surface area contributed by atoms with Crippen LogP contribution < -0.4 is 4.74 Å². The Kier molecular flexibility index (Phi) is 3.30. The van der Waals surface area contributed by atoms with Crippen molar-refractivity contribution in [3.63, 3.8) is 0 Å². The second kappa shape index (κ2) is 4.29. The Balaban J connectivity index is 2.32. The van der Waals surface area contributed by atoms with E-state index in [-0.39, 0.29) is 0 Å². The van der Waals surface area contributed by atoms with Gasteiger partial charge in [0.25, 0.3) is 0 Å². The standard InChI is InChI=1S/C8H12ClNO/c1-2-3-6-11-7-4-5-10-8(7)9/h4-5,10H,2-3,6H2,1H3. The van der Waals surface area contributed by atoms with Crippen LogP contribution >= 0.6 is 11.6 Å². The Hall–Kier alpha value is -0.630. The normalized spacial score (nSPS) is 10.0. The zero-order chi connectivity index (χ0) is 8.10. The number of unbranched alkanes of at least 4 members (excludes halogenated alkanes) is 1. The maximum atomic E-state index is 5.74. The molecule has 0 unspecified atom stereocenters. The van der Waals surface area contributed by atoms with Gasteiger partial charge in [0.1, 0.15) is 5.15 Å². The molecule has 0 aromatic carbocycles. The number of H-pyrrole nitrogens is 1. The minimum atomic E-state index is 0.584. The zero-order valence-corrected chi connectivity index (χ0v) is 7.32. The maximum absolute atomic E-state index is 5.74. The van der Waals surface area contributed by atoms with Crippen molar-refractivity contribution in [1.82, 2.24) is 4.98 Å². The van der Waals surface area contributed by atoms with Crippen molar-refractivity contribution in [1.29, 1.82) is 0 Å². The van der Waals surface area contributed by atoms with Crippen LogP contribution in [0.25, 0.3) is 0 Å². The Bertz CT molecular complexity index is 210. The smallest absolute Gasteiger partial charge is 0.155 e. The Morgan fingerprint density at radius 2 is 2.45 bits per heavy atom. The second-order valence-electron chi connectivity index (χ2n) is 2.36. The molecule has 3 heteroatoms. The van der Waals surface area contributed by atoms with Crippen molar-refractivity contribution in [2.24, 2.45) is 0 Å². The number of aromatic amines is 1. The molecule has 0 aliphatic rings. The van der Waals surface area contributed by atoms with E-state index in [1.165, 1.54) is 0 Å². The third-order valence-electron chi connectivity index (χ3n) is 1.42. The zero-order valence-electron chi connectivity index (χ0n) is 6.56. The number of hydrogen-bond acceptors (Lipinski definition) is 1. The van der Waals surface area contributed by atoms with Crippen LogP contribution in [0.2, 0.25) is 5.15 Å². The summed E-state index contributed by atoms with van der Waals surface area (Å²) in [4.78, 5) is 2.84. The van der Waals surface area contributed by atoms with Crippen LogP contribution in [0.5, 0.6) is 5.75 Å². The van der Waals surface area contributed by atoms with E-state index in [0.29, 0.717) is 5.15 Å². The lowest BCUT2D eigenvalue weighted by atomic mass is 10.4. The van der Waals surface area contributed by atoms with Crippen molar-refractivity contribution in [3.8, 4) is 5.75 Å². The minimum Gasteiger partial charge on any atom is -0.490 e. The molecule has 0 aliphatic carbocycles. The fraction of sp³-hybridized carbons (Fsp3) is 0.500. The first-order chi connectivity index (χ1) is 5.34. The van der Waals surface area contributed by atoms with Gasteiger partial charge in [-0.25, -0.2) is 0 Å². The van der Waals surface area contributed by atoms with Crippen molar-refractivity contribution >= 4 is 11.6 Å². The van der Waals surface area contributed by atoms with Gasteiger partial charge in [0.15, 0.2) is 5.75 Å². The molecule has 0 fully saturated rings. The van der Waals surface area contributed by atoms with E-state index in [1.54, 1.807) is 6.20 Å². The van der Waals surface area contributed by atoms with E-state index in [4.69, 9.17) is 16.3 Å². The first-order valence-corrected chi connectivity index (χ1v) is 4.18. The number of hydrogen-bond donors (Lipinski definition) is 1. The summed E-state index contributed by atoms with van der Waals surface area (Å²) in [5.41, 5.74) is 0. The SMILES string of the molecule is CCCCOc1cc[nH]c1Cl. The van der Waals surface area contributed by atoms with Gasteiger partial charge in [0.05, 0.1) is 6.61 Å². The summed E-state index contributed by atoms with van der Waals surface area (Å²) in [5, 5.41) is 0.584. The summed E-state index contributed by atoms with van der Waals surface area (Å²) in [6, 6.07) is 1.83. The number of rotatable bonds is 4. The number of nitrogens with one attached hydrogen (secondary N) is 1. The van der Waals surface area contributed by atoms with Gasteiger partial charge < -0.3 is 9.72 Å². The molecular formula is C8H12ClNO. The van der Waals surface area contributed by atoms with Gasteiger partial charge in [-0.05, 0) is 12.5 Å². The van der Waals surface area contributed by atoms with Crippen molar-refractivity contribution in [2.45, 2.75) is 19.8 Å². The third-order valence-corrected chi connectivity index (χ3v) is 1.71. The van der Waals surface area contributed by atoms with Crippen LogP contribution in [0.3, 0.4) is 0 Å². The fourth-order valence-corrected chi connectivity index (χ4v) is 0.953. The summed E-state index contributed by atoms with van der Waals surface area (Å²) >= 11 is 5.74. The van der Waals surface area contributed by atoms with E-state index < -0.39 is 0 Å². The third kappa shape index (κ3) is 2.46. The van der Waals surface area contributed by atoms with E-state index in [1.807, 2.05) is 6.07 Å². The molecule has 62 valence electrons. The lowest BCUT2D eigenvalue weighted by Crippen LogP contribution is -1.95. The molecular weight excluding hydrogens is 162 g/mol. The average molecular weight is 174 g/mol. The minimum absolute atomic E-state index is 0.584. The molecule has 0 spiro atoms. The second-order valence-corrected chi connectivity index (χ2v) is 2.74. The van der Waals surface area contributed by atoms with Crippen molar-refractivity contribution in [2.75, 3.05) is 6.61 Å². The van der Waals surface area contributed by atoms with Crippen molar-refractivity contribution < 1.29 is 4.74 Å². The van der Waals surface area contributed by atoms with E-state index >= 15 is 0 Å². The molecule has 11 heavy (non-hydrogen) atoms. The van der Waals surface area contributed by atoms with Crippen LogP contribution in [0.1, 0.15) is 19.8 Å². The van der Waals surface area contributed by atoms with Crippen LogP contribution in [0.4, 0.5) is 0 Å². The number of ether oxygens (including phenoxy) is 1. The molecule has 2 nitrogen and oxygen atoms in total. The highest BCUT2D eigenvalue weighted by Gasteiger charge is 1.99. The molecule has 1 aromatic rings. The number of aromatic nitrogens is 1. The van der Waals surface area contributed by atoms with Gasteiger partial charge in [-0.3, -0.25) is 0 Å². The van der Waals surface area contributed by atoms with Gasteiger partial charge in [-0.1, -0.05) is 24.9 Å². The molecule has 0 bridgehead atoms. The molecule has 0 aliphatic heterocycles. The lowest BCUT2D eigenvalue weighted by molar-refractivity contribution is 0.310. The van der Waals surface area contributed by atoms with Crippen molar-refractivity contribution in [3.05, 3.63) is 17.4 Å². The Morgan fingerprint density at radius 3 is 3.00 bits per heavy atom. The fourth-order valence-electron chi connectivity index (χ4n) is 0.773. The van der Waals surface area contributed by atoms with Gasteiger partial charge in [0, 0.05) is 6.20 Å². The first kappa shape index (κ1) is 8.47. The van der Waals surface area contributed by atoms with Crippen LogP contribution in [0, 0.1) is 0 Å². The van der Waals surface area contributed by atoms with Crippen LogP contribution in [-0.2, 0) is 0 Å². The van der Waals surface area contributed by atoms with Gasteiger partial charge >= 0.3 is 0 Å². The van der Waals surface area contributed by atoms with Gasteiger partial charge in [-0.15, -0.1) is 0 Å². The monoisotopic (exact) mass is 173 g/mol. The Labute approximate surface area is 71.5 Å². The van der Waals surface area contributed by atoms with Crippen LogP contribution in [-0.4, -0.2) is 11.6 Å². The largest absolute Gasteiger partial charge is 0.490 e. The van der Waals surface area contributed by atoms with Crippen LogP contribution in [0.15, 0.2) is 12.3 Å². The molecule has 0 saturated heterocycles. The van der Waals surface area contributed by atoms with E-state index in [9.17, 15) is 0 Å². The highest BCUT2D eigenvalue weighted by atomic mass is 35.5. The van der Waals surface area contributed by atoms with E-state index in [0.717, 1.165) is 25.2 Å². The number of halogens is 1. The summed E-state index contributed by atoms with van der Waals surface area (Å²) < 4.78 is 5.35. The summed E-state index contributed by atoms with van der Waals surface area (Å²) in [7, 11) is 0. The predicted octanol–water partition coefficient (Wildman–Crippen LogP) is 2.85. The summed E-state index contributed by atoms with van der Waals surface area (Å²) in [6.45, 7) is 2.87. The molecule has 1 heterocycles. The average Bonchev–Trinajstić information content (AvgIpc) is 2.37. The Morgan fingerprint density at radius 1 is 1.64 bits per heavy atom. The first-order valence-electron chi connectivity index (χ1n) is 3.80. The molecule has 1 N–H and O–H groups in total. The molecule has 0 radical (unpaired) electrons. The molecule has 0 amide bonds. The predicted molar refractivity (Wildman–Crippen MR) is 46.2 cm³/mol. The molecule has 0 saturated carbocycles. The highest BCUT2D eigenvalue weighted by Crippen LogP contribution is 2.21. The lowest BCUT2D eigenvalue weighted by Gasteiger charge is -2.01. The molecule has 1 rings (SSSR count). The quantitative estimate of drug-likeness (QED) is 0.696. The topological polar surface area (TPSA) is 25.0 Å². The summed E-state index contributed by atoms with van der Waals surface area (Å²) in [6.07, 6.45) is 3.98. The molecule has 0 atom stereocenters. The highest BCUT2D eigenvalue weighted by molar-refractivity contribution is 6.30. The van der Waals surface area contributed by atoms with Gasteiger partial charge in [0.2, 0.25) is 0 Å². The van der Waals surface area contributed by atoms with Gasteiger partial charge in [-0.2, -0.15) is 0 Å². The molecule has 1 aromatic heterocycles. The maximum Gasteiger partial charge on any atom is 0.155 e. The van der Waals surface area contributed by atoms with E-state index in [2.05, 4.69) is 11.9 Å².